The summed E-state index contributed by atoms with van der Waals surface area (Å²) in [7, 11) is 1.69. The molecular weight excluding hydrogens is 236 g/mol. The molecule has 0 unspecified atom stereocenters. The van der Waals surface area contributed by atoms with E-state index >= 15 is 0 Å². The third-order valence-corrected chi connectivity index (χ3v) is 2.88. The van der Waals surface area contributed by atoms with Crippen molar-refractivity contribution in [2.45, 2.75) is 12.8 Å². The van der Waals surface area contributed by atoms with E-state index in [1.807, 2.05) is 0 Å². The zero-order valence-corrected chi connectivity index (χ0v) is 9.77. The van der Waals surface area contributed by atoms with Crippen LogP contribution < -0.4 is 10.2 Å². The largest absolute Gasteiger partial charge is 0.474 e. The maximum absolute atomic E-state index is 11.5. The Kier molecular flexibility index (Phi) is 3.01. The zero-order chi connectivity index (χ0) is 13.3. The molecule has 0 aliphatic carbocycles. The number of carboxylic acid groups (broad SMARTS) is 1. The number of aliphatic carboxylic acids is 1. The highest BCUT2D eigenvalue weighted by Gasteiger charge is 2.21. The molecule has 0 radical (unpaired) electrons. The predicted octanol–water partition coefficient (Wildman–Crippen LogP) is 0.619. The lowest BCUT2D eigenvalue weighted by Gasteiger charge is -2.26. The lowest BCUT2D eigenvalue weighted by atomic mass is 10.0. The Labute approximate surface area is 103 Å². The van der Waals surface area contributed by atoms with Crippen molar-refractivity contribution < 1.29 is 19.5 Å². The van der Waals surface area contributed by atoms with Crippen LogP contribution in [0, 0.1) is 0 Å². The fourth-order valence-corrected chi connectivity index (χ4v) is 1.92. The van der Waals surface area contributed by atoms with Crippen LogP contribution in [0.3, 0.4) is 0 Å². The van der Waals surface area contributed by atoms with E-state index < -0.39 is 11.9 Å². The first-order valence-electron chi connectivity index (χ1n) is 5.43. The summed E-state index contributed by atoms with van der Waals surface area (Å²) in [6.07, 6.45) is 1.01. The highest BCUT2D eigenvalue weighted by atomic mass is 16.4. The minimum Gasteiger partial charge on any atom is -0.474 e. The van der Waals surface area contributed by atoms with Gasteiger partial charge in [0.15, 0.2) is 0 Å². The number of benzene rings is 1. The van der Waals surface area contributed by atoms with Gasteiger partial charge in [-0.25, -0.2) is 4.79 Å². The second-order valence-electron chi connectivity index (χ2n) is 4.06. The third-order valence-electron chi connectivity index (χ3n) is 2.88. The number of hydrogen-bond acceptors (Lipinski definition) is 3. The maximum atomic E-state index is 11.5. The highest BCUT2D eigenvalue weighted by molar-refractivity contribution is 6.36. The van der Waals surface area contributed by atoms with Crippen LogP contribution in [0.5, 0.6) is 0 Å². The second kappa shape index (κ2) is 4.48. The molecule has 0 aromatic heterocycles. The van der Waals surface area contributed by atoms with Crippen LogP contribution in [-0.2, 0) is 20.8 Å². The number of anilines is 2. The molecule has 1 aliphatic heterocycles. The molecule has 0 saturated carbocycles. The van der Waals surface area contributed by atoms with Gasteiger partial charge in [-0.1, -0.05) is 0 Å². The Morgan fingerprint density at radius 1 is 1.33 bits per heavy atom. The van der Waals surface area contributed by atoms with Crippen LogP contribution in [0.1, 0.15) is 12.0 Å². The Bertz CT molecular complexity index is 539. The van der Waals surface area contributed by atoms with Crippen molar-refractivity contribution in [2.75, 3.05) is 17.3 Å². The minimum absolute atomic E-state index is 0.0461. The summed E-state index contributed by atoms with van der Waals surface area (Å²) in [5.41, 5.74) is 2.13. The van der Waals surface area contributed by atoms with Crippen molar-refractivity contribution in [3.05, 3.63) is 23.8 Å². The Morgan fingerprint density at radius 3 is 2.72 bits per heavy atom. The van der Waals surface area contributed by atoms with E-state index in [0.29, 0.717) is 18.5 Å². The standard InChI is InChI=1S/C12H12N2O4/c1-14-9-4-3-8(13-11(16)12(17)18)6-7(9)2-5-10(14)15/h3-4,6H,2,5H2,1H3,(H,13,16)(H,17,18). The number of carbonyl (C=O) groups excluding carboxylic acids is 2. The van der Waals surface area contributed by atoms with Gasteiger partial charge in [-0.2, -0.15) is 0 Å². The van der Waals surface area contributed by atoms with Gasteiger partial charge in [0.25, 0.3) is 0 Å². The number of nitrogens with one attached hydrogen (secondary N) is 1. The number of nitrogens with zero attached hydrogens (tertiary/aromatic N) is 1. The van der Waals surface area contributed by atoms with Crippen molar-refractivity contribution in [3.63, 3.8) is 0 Å². The molecule has 0 bridgehead atoms. The van der Waals surface area contributed by atoms with Gasteiger partial charge in [-0.3, -0.25) is 9.59 Å². The number of amides is 2. The van der Waals surface area contributed by atoms with Gasteiger partial charge in [0.1, 0.15) is 0 Å². The average molecular weight is 248 g/mol. The maximum Gasteiger partial charge on any atom is 0.394 e. The summed E-state index contributed by atoms with van der Waals surface area (Å²) >= 11 is 0. The summed E-state index contributed by atoms with van der Waals surface area (Å²) in [6.45, 7) is 0. The molecule has 0 atom stereocenters. The molecule has 1 heterocycles. The molecule has 1 aromatic rings. The van der Waals surface area contributed by atoms with Crippen molar-refractivity contribution in [2.24, 2.45) is 0 Å². The molecule has 1 aromatic carbocycles. The van der Waals surface area contributed by atoms with Gasteiger partial charge >= 0.3 is 11.9 Å². The minimum atomic E-state index is -1.53. The fraction of sp³-hybridized carbons (Fsp3) is 0.250. The summed E-state index contributed by atoms with van der Waals surface area (Å²) in [6, 6.07) is 4.97. The van der Waals surface area contributed by atoms with Crippen LogP contribution in [0.4, 0.5) is 11.4 Å². The van der Waals surface area contributed by atoms with Crippen LogP contribution >= 0.6 is 0 Å². The number of aryl methyl sites for hydroxylation is 1. The zero-order valence-electron chi connectivity index (χ0n) is 9.77. The van der Waals surface area contributed by atoms with Gasteiger partial charge in [-0.15, -0.1) is 0 Å². The Hall–Kier alpha value is -2.37. The first-order valence-corrected chi connectivity index (χ1v) is 5.43. The van der Waals surface area contributed by atoms with E-state index in [1.54, 1.807) is 30.1 Å². The molecule has 18 heavy (non-hydrogen) atoms. The summed E-state index contributed by atoms with van der Waals surface area (Å²) in [5.74, 6) is -2.56. The summed E-state index contributed by atoms with van der Waals surface area (Å²) in [4.78, 5) is 34.5. The fourth-order valence-electron chi connectivity index (χ4n) is 1.92. The Morgan fingerprint density at radius 2 is 2.06 bits per heavy atom. The molecule has 1 aliphatic rings. The van der Waals surface area contributed by atoms with Crippen molar-refractivity contribution >= 4 is 29.2 Å². The first kappa shape index (κ1) is 12.1. The Balaban J connectivity index is 2.26. The molecule has 6 heteroatoms. The van der Waals surface area contributed by atoms with E-state index in [-0.39, 0.29) is 5.91 Å². The molecule has 0 saturated heterocycles. The molecule has 6 nitrogen and oxygen atoms in total. The topological polar surface area (TPSA) is 86.7 Å². The number of fused-ring (bicyclic) bond motifs is 1. The smallest absolute Gasteiger partial charge is 0.394 e. The van der Waals surface area contributed by atoms with Crippen molar-refractivity contribution in [1.29, 1.82) is 0 Å². The summed E-state index contributed by atoms with van der Waals surface area (Å²) < 4.78 is 0. The van der Waals surface area contributed by atoms with Crippen LogP contribution in [-0.4, -0.2) is 29.9 Å². The molecule has 2 N–H and O–H groups in total. The van der Waals surface area contributed by atoms with E-state index in [9.17, 15) is 14.4 Å². The summed E-state index contributed by atoms with van der Waals surface area (Å²) in [5, 5.41) is 10.8. The number of hydrogen-bond donors (Lipinski definition) is 2. The van der Waals surface area contributed by atoms with E-state index in [1.165, 1.54) is 0 Å². The normalized spacial score (nSPS) is 14.1. The third kappa shape index (κ3) is 2.17. The monoisotopic (exact) mass is 248 g/mol. The van der Waals surface area contributed by atoms with Crippen molar-refractivity contribution in [3.8, 4) is 0 Å². The number of carbonyl (C=O) groups is 3. The predicted molar refractivity (Wildman–Crippen MR) is 64.4 cm³/mol. The van der Waals surface area contributed by atoms with Gasteiger partial charge in [0.05, 0.1) is 0 Å². The quantitative estimate of drug-likeness (QED) is 0.713. The van der Waals surface area contributed by atoms with Gasteiger partial charge in [-0.05, 0) is 30.2 Å². The van der Waals surface area contributed by atoms with Crippen molar-refractivity contribution in [1.82, 2.24) is 0 Å². The highest BCUT2D eigenvalue weighted by Crippen LogP contribution is 2.29. The molecular formula is C12H12N2O4. The average Bonchev–Trinajstić information content (AvgIpc) is 2.34. The molecule has 0 fully saturated rings. The number of rotatable bonds is 1. The number of carboxylic acids is 1. The van der Waals surface area contributed by atoms with Crippen LogP contribution in [0.15, 0.2) is 18.2 Å². The molecule has 2 amide bonds. The second-order valence-corrected chi connectivity index (χ2v) is 4.06. The van der Waals surface area contributed by atoms with E-state index in [2.05, 4.69) is 5.32 Å². The molecule has 0 spiro atoms. The lowest BCUT2D eigenvalue weighted by Crippen LogP contribution is -2.31. The van der Waals surface area contributed by atoms with Crippen LogP contribution in [0.2, 0.25) is 0 Å². The SMILES string of the molecule is CN1C(=O)CCc2cc(NC(=O)C(=O)O)ccc21. The van der Waals surface area contributed by atoms with Gasteiger partial charge in [0, 0.05) is 24.8 Å². The van der Waals surface area contributed by atoms with E-state index in [4.69, 9.17) is 5.11 Å². The lowest BCUT2D eigenvalue weighted by molar-refractivity contribution is -0.147. The van der Waals surface area contributed by atoms with Gasteiger partial charge < -0.3 is 15.3 Å². The first-order chi connectivity index (χ1) is 8.49. The molecule has 2 rings (SSSR count). The van der Waals surface area contributed by atoms with Crippen LogP contribution in [0.25, 0.3) is 0 Å². The van der Waals surface area contributed by atoms with Gasteiger partial charge in [0.2, 0.25) is 5.91 Å². The molecule has 94 valence electrons. The van der Waals surface area contributed by atoms with E-state index in [0.717, 1.165) is 11.3 Å².